The second kappa shape index (κ2) is 11.8. The van der Waals surface area contributed by atoms with Gasteiger partial charge in [-0.2, -0.15) is 0 Å². The number of fused-ring (bicyclic) bond motifs is 1. The number of piperidine rings is 1. The molecule has 2 heterocycles. The normalized spacial score (nSPS) is 19.1. The lowest BCUT2D eigenvalue weighted by Crippen LogP contribution is -2.54. The summed E-state index contributed by atoms with van der Waals surface area (Å²) in [6.07, 6.45) is 2.83. The van der Waals surface area contributed by atoms with Crippen molar-refractivity contribution in [3.63, 3.8) is 0 Å². The van der Waals surface area contributed by atoms with E-state index < -0.39 is 11.0 Å². The summed E-state index contributed by atoms with van der Waals surface area (Å²) in [5.41, 5.74) is 0.641. The highest BCUT2D eigenvalue weighted by atomic mass is 35.5. The van der Waals surface area contributed by atoms with E-state index in [1.165, 1.54) is 0 Å². The molecular formula is C29H44ClN3O5. The molecule has 9 heteroatoms. The Labute approximate surface area is 232 Å². The van der Waals surface area contributed by atoms with E-state index in [0.29, 0.717) is 36.8 Å². The fourth-order valence-electron chi connectivity index (χ4n) is 5.39. The van der Waals surface area contributed by atoms with Crippen molar-refractivity contribution in [2.75, 3.05) is 38.3 Å². The van der Waals surface area contributed by atoms with Crippen molar-refractivity contribution in [2.45, 2.75) is 97.2 Å². The third kappa shape index (κ3) is 6.45. The van der Waals surface area contributed by atoms with Crippen LogP contribution in [-0.4, -0.2) is 78.7 Å². The molecule has 1 saturated heterocycles. The van der Waals surface area contributed by atoms with Crippen molar-refractivity contribution in [1.82, 2.24) is 9.80 Å². The van der Waals surface area contributed by atoms with E-state index in [0.717, 1.165) is 36.9 Å². The minimum absolute atomic E-state index is 0.00609. The van der Waals surface area contributed by atoms with Crippen molar-refractivity contribution >= 4 is 35.2 Å². The summed E-state index contributed by atoms with van der Waals surface area (Å²) < 4.78 is 10.7. The second-order valence-corrected chi connectivity index (χ2v) is 12.6. The number of carbonyl (C=O) groups is 3. The molecule has 0 N–H and O–H groups in total. The number of carbonyl (C=O) groups excluding carboxylic acids is 3. The number of amides is 3. The molecule has 0 bridgehead atoms. The number of benzene rings is 1. The Morgan fingerprint density at radius 1 is 1.21 bits per heavy atom. The molecule has 0 aromatic heterocycles. The minimum Gasteiger partial charge on any atom is -0.444 e. The van der Waals surface area contributed by atoms with Crippen LogP contribution in [0.4, 0.5) is 10.5 Å². The Morgan fingerprint density at radius 3 is 2.50 bits per heavy atom. The molecule has 8 nitrogen and oxygen atoms in total. The number of anilines is 1. The maximum atomic E-state index is 14.0. The molecule has 0 aliphatic carbocycles. The van der Waals surface area contributed by atoms with Crippen molar-refractivity contribution < 1.29 is 23.9 Å². The highest BCUT2D eigenvalue weighted by Crippen LogP contribution is 2.44. The van der Waals surface area contributed by atoms with Crippen molar-refractivity contribution in [2.24, 2.45) is 0 Å². The summed E-state index contributed by atoms with van der Waals surface area (Å²) in [4.78, 5) is 45.4. The van der Waals surface area contributed by atoms with Gasteiger partial charge < -0.3 is 24.2 Å². The van der Waals surface area contributed by atoms with E-state index in [9.17, 15) is 14.4 Å². The summed E-state index contributed by atoms with van der Waals surface area (Å²) >= 11 is 6.73. The number of ether oxygens (including phenoxy) is 2. The first-order chi connectivity index (χ1) is 17.7. The molecule has 38 heavy (non-hydrogen) atoms. The number of unbranched alkanes of at least 4 members (excludes halogenated alkanes) is 1. The molecule has 1 aromatic rings. The highest BCUT2D eigenvalue weighted by molar-refractivity contribution is 6.34. The molecule has 0 saturated carbocycles. The number of methoxy groups -OCH3 is 1. The van der Waals surface area contributed by atoms with Crippen LogP contribution in [0.2, 0.25) is 5.02 Å². The molecule has 2 aliphatic rings. The Morgan fingerprint density at radius 2 is 1.89 bits per heavy atom. The maximum absolute atomic E-state index is 14.0. The highest BCUT2D eigenvalue weighted by Gasteiger charge is 2.45. The van der Waals surface area contributed by atoms with Gasteiger partial charge >= 0.3 is 6.09 Å². The van der Waals surface area contributed by atoms with Gasteiger partial charge in [-0.25, -0.2) is 4.79 Å². The van der Waals surface area contributed by atoms with Crippen LogP contribution in [0.15, 0.2) is 12.1 Å². The second-order valence-electron chi connectivity index (χ2n) is 12.2. The third-order valence-electron chi connectivity index (χ3n) is 7.27. The predicted molar refractivity (Wildman–Crippen MR) is 150 cm³/mol. The molecule has 1 fully saturated rings. The van der Waals surface area contributed by atoms with Crippen LogP contribution in [0.3, 0.4) is 0 Å². The smallest absolute Gasteiger partial charge is 0.410 e. The van der Waals surface area contributed by atoms with Crippen molar-refractivity contribution in [3.05, 3.63) is 28.3 Å². The number of rotatable bonds is 8. The van der Waals surface area contributed by atoms with Crippen molar-refractivity contribution in [1.29, 1.82) is 0 Å². The Hall–Kier alpha value is -2.32. The average molecular weight is 550 g/mol. The van der Waals surface area contributed by atoms with Crippen LogP contribution in [0, 0.1) is 0 Å². The summed E-state index contributed by atoms with van der Waals surface area (Å²) in [6, 6.07) is 3.28. The summed E-state index contributed by atoms with van der Waals surface area (Å²) in [6.45, 7) is 15.5. The number of hydrogen-bond acceptors (Lipinski definition) is 5. The van der Waals surface area contributed by atoms with E-state index in [-0.39, 0.29) is 30.0 Å². The molecule has 0 radical (unpaired) electrons. The maximum Gasteiger partial charge on any atom is 0.410 e. The molecule has 2 aliphatic heterocycles. The Bertz CT molecular complexity index is 1050. The van der Waals surface area contributed by atoms with Crippen LogP contribution < -0.4 is 4.90 Å². The van der Waals surface area contributed by atoms with Gasteiger partial charge in [0.1, 0.15) is 5.60 Å². The van der Waals surface area contributed by atoms with E-state index in [2.05, 4.69) is 0 Å². The van der Waals surface area contributed by atoms with Gasteiger partial charge in [0.15, 0.2) is 0 Å². The van der Waals surface area contributed by atoms with Gasteiger partial charge in [-0.05, 0) is 91.8 Å². The van der Waals surface area contributed by atoms with E-state index >= 15 is 0 Å². The molecular weight excluding hydrogens is 506 g/mol. The lowest BCUT2D eigenvalue weighted by Gasteiger charge is -2.41. The molecule has 0 spiro atoms. The largest absolute Gasteiger partial charge is 0.444 e. The first kappa shape index (κ1) is 30.2. The minimum atomic E-state index is -0.725. The fraction of sp³-hybridized carbons (Fsp3) is 0.690. The first-order valence-electron chi connectivity index (χ1n) is 13.6. The zero-order chi connectivity index (χ0) is 28.4. The average Bonchev–Trinajstić information content (AvgIpc) is 3.00. The van der Waals surface area contributed by atoms with Gasteiger partial charge in [0.2, 0.25) is 5.91 Å². The molecule has 3 rings (SSSR count). The molecule has 212 valence electrons. The van der Waals surface area contributed by atoms with Gasteiger partial charge in [0, 0.05) is 45.1 Å². The lowest BCUT2D eigenvalue weighted by atomic mass is 9.85. The fourth-order valence-corrected chi connectivity index (χ4v) is 5.63. The lowest BCUT2D eigenvalue weighted by molar-refractivity contribution is -0.122. The number of likely N-dealkylation sites (tertiary alicyclic amines) is 1. The molecule has 0 unspecified atom stereocenters. The molecule has 1 atom stereocenters. The van der Waals surface area contributed by atoms with E-state index in [1.54, 1.807) is 29.0 Å². The standard InChI is InChI=1S/C29H44ClN3O5/c1-19(2)33(20-12-11-13-31(18-20)27(36)38-28(3,4)5)25(34)21-16-24-22(17-23(21)30)29(6,7)26(35)32(24)14-9-10-15-37-8/h16-17,19-20H,9-15,18H2,1-8H3/t20-/m1/s1. The van der Waals surface area contributed by atoms with Gasteiger partial charge in [-0.1, -0.05) is 11.6 Å². The van der Waals surface area contributed by atoms with Crippen LogP contribution >= 0.6 is 11.6 Å². The van der Waals surface area contributed by atoms with Gasteiger partial charge in [0.05, 0.1) is 22.0 Å². The van der Waals surface area contributed by atoms with E-state index in [1.807, 2.05) is 53.4 Å². The van der Waals surface area contributed by atoms with Crippen LogP contribution in [0.1, 0.15) is 90.1 Å². The van der Waals surface area contributed by atoms with Crippen LogP contribution in [0.25, 0.3) is 0 Å². The number of halogens is 1. The summed E-state index contributed by atoms with van der Waals surface area (Å²) in [7, 11) is 1.67. The monoisotopic (exact) mass is 549 g/mol. The Balaban J connectivity index is 1.90. The predicted octanol–water partition coefficient (Wildman–Crippen LogP) is 5.64. The Kier molecular flexibility index (Phi) is 9.40. The van der Waals surface area contributed by atoms with Gasteiger partial charge in [0.25, 0.3) is 5.91 Å². The van der Waals surface area contributed by atoms with Gasteiger partial charge in [-0.15, -0.1) is 0 Å². The quantitative estimate of drug-likeness (QED) is 0.392. The topological polar surface area (TPSA) is 79.4 Å². The SMILES string of the molecule is COCCCCN1C(=O)C(C)(C)c2cc(Cl)c(C(=O)N(C(C)C)[C@@H]3CCCN(C(=O)OC(C)(C)C)C3)cc21. The van der Waals surface area contributed by atoms with Gasteiger partial charge in [-0.3, -0.25) is 9.59 Å². The van der Waals surface area contributed by atoms with E-state index in [4.69, 9.17) is 21.1 Å². The summed E-state index contributed by atoms with van der Waals surface area (Å²) in [5, 5.41) is 0.335. The van der Waals surface area contributed by atoms with Crippen LogP contribution in [-0.2, 0) is 19.7 Å². The van der Waals surface area contributed by atoms with Crippen LogP contribution in [0.5, 0.6) is 0 Å². The number of nitrogens with zero attached hydrogens (tertiary/aromatic N) is 3. The van der Waals surface area contributed by atoms with Crippen molar-refractivity contribution in [3.8, 4) is 0 Å². The zero-order valence-corrected chi connectivity index (χ0v) is 25.0. The first-order valence-corrected chi connectivity index (χ1v) is 14.0. The number of hydrogen-bond donors (Lipinski definition) is 0. The molecule has 1 aromatic carbocycles. The molecule has 3 amide bonds. The third-order valence-corrected chi connectivity index (χ3v) is 7.59. The zero-order valence-electron chi connectivity index (χ0n) is 24.2. The summed E-state index contributed by atoms with van der Waals surface area (Å²) in [5.74, 6) is -0.188.